The summed E-state index contributed by atoms with van der Waals surface area (Å²) in [4.78, 5) is 13.7. The fraction of sp³-hybridized carbons (Fsp3) is 0.909. The molecule has 0 saturated carbocycles. The molecule has 1 atom stereocenters. The first-order valence-electron chi connectivity index (χ1n) is 5.62. The highest BCUT2D eigenvalue weighted by Gasteiger charge is 2.31. The van der Waals surface area contributed by atoms with Gasteiger partial charge < -0.3 is 4.74 Å². The summed E-state index contributed by atoms with van der Waals surface area (Å²) in [5.41, 5.74) is 0. The minimum absolute atomic E-state index is 0.000482. The van der Waals surface area contributed by atoms with Crippen LogP contribution in [0.4, 0.5) is 0 Å². The quantitative estimate of drug-likeness (QED) is 0.467. The normalized spacial score (nSPS) is 22.4. The van der Waals surface area contributed by atoms with Gasteiger partial charge in [-0.25, -0.2) is 0 Å². The Labute approximate surface area is 108 Å². The van der Waals surface area contributed by atoms with Crippen LogP contribution in [-0.4, -0.2) is 46.9 Å². The van der Waals surface area contributed by atoms with Gasteiger partial charge in [0.2, 0.25) is 0 Å². The van der Waals surface area contributed by atoms with Crippen LogP contribution in [0.15, 0.2) is 0 Å². The maximum absolute atomic E-state index is 11.5. The Morgan fingerprint density at radius 1 is 1.62 bits per heavy atom. The minimum atomic E-state index is -0.0902. The molecular weight excluding hydrogens is 242 g/mol. The SMILES string of the molecule is COC(=O)C1CCCN1CCSC(C)(C)S. The van der Waals surface area contributed by atoms with Crippen LogP contribution in [0.2, 0.25) is 0 Å². The van der Waals surface area contributed by atoms with E-state index in [9.17, 15) is 4.79 Å². The van der Waals surface area contributed by atoms with E-state index in [0.717, 1.165) is 31.7 Å². The van der Waals surface area contributed by atoms with Crippen molar-refractivity contribution in [2.24, 2.45) is 0 Å². The predicted molar refractivity (Wildman–Crippen MR) is 72.1 cm³/mol. The van der Waals surface area contributed by atoms with E-state index in [-0.39, 0.29) is 16.1 Å². The van der Waals surface area contributed by atoms with Gasteiger partial charge in [-0.2, -0.15) is 12.6 Å². The molecule has 0 aromatic carbocycles. The molecule has 1 fully saturated rings. The number of hydrogen-bond donors (Lipinski definition) is 1. The van der Waals surface area contributed by atoms with E-state index in [1.54, 1.807) is 0 Å². The van der Waals surface area contributed by atoms with Crippen molar-refractivity contribution in [1.29, 1.82) is 0 Å². The number of carbonyl (C=O) groups is 1. The van der Waals surface area contributed by atoms with Gasteiger partial charge in [0, 0.05) is 12.3 Å². The number of ether oxygens (including phenoxy) is 1. The summed E-state index contributed by atoms with van der Waals surface area (Å²) >= 11 is 6.28. The smallest absolute Gasteiger partial charge is 0.323 e. The summed E-state index contributed by atoms with van der Waals surface area (Å²) in [5, 5.41) is 0. The lowest BCUT2D eigenvalue weighted by Crippen LogP contribution is -2.38. The molecule has 1 heterocycles. The monoisotopic (exact) mass is 263 g/mol. The van der Waals surface area contributed by atoms with E-state index in [1.807, 2.05) is 11.8 Å². The lowest BCUT2D eigenvalue weighted by Gasteiger charge is -2.24. The number of hydrogen-bond acceptors (Lipinski definition) is 5. The van der Waals surface area contributed by atoms with Crippen LogP contribution < -0.4 is 0 Å². The third-order valence-corrected chi connectivity index (χ3v) is 4.15. The van der Waals surface area contributed by atoms with Gasteiger partial charge in [0.05, 0.1) is 11.2 Å². The zero-order chi connectivity index (χ0) is 12.2. The van der Waals surface area contributed by atoms with Crippen LogP contribution in [0.1, 0.15) is 26.7 Å². The summed E-state index contributed by atoms with van der Waals surface area (Å²) in [6, 6.07) is -0.0198. The Morgan fingerprint density at radius 2 is 2.31 bits per heavy atom. The molecule has 94 valence electrons. The van der Waals surface area contributed by atoms with Crippen molar-refractivity contribution in [3.63, 3.8) is 0 Å². The molecule has 5 heteroatoms. The Morgan fingerprint density at radius 3 is 2.88 bits per heavy atom. The standard InChI is InChI=1S/C11H21NO2S2/c1-11(2,15)16-8-7-12-6-4-5-9(12)10(13)14-3/h9,15H,4-8H2,1-3H3. The number of likely N-dealkylation sites (tertiary alicyclic amines) is 1. The molecule has 0 bridgehead atoms. The average Bonchev–Trinajstić information content (AvgIpc) is 2.63. The molecule has 0 radical (unpaired) electrons. The third-order valence-electron chi connectivity index (χ3n) is 2.67. The van der Waals surface area contributed by atoms with Crippen LogP contribution in [0, 0.1) is 0 Å². The van der Waals surface area contributed by atoms with Crippen LogP contribution in [-0.2, 0) is 9.53 Å². The second kappa shape index (κ2) is 6.17. The Balaban J connectivity index is 2.33. The molecule has 1 aliphatic rings. The molecule has 1 unspecified atom stereocenters. The Kier molecular flexibility index (Phi) is 5.47. The number of carbonyl (C=O) groups excluding carboxylic acids is 1. The van der Waals surface area contributed by atoms with Crippen LogP contribution in [0.5, 0.6) is 0 Å². The number of methoxy groups -OCH3 is 1. The van der Waals surface area contributed by atoms with Crippen molar-refractivity contribution >= 4 is 30.4 Å². The fourth-order valence-electron chi connectivity index (χ4n) is 1.91. The second-order valence-electron chi connectivity index (χ2n) is 4.51. The third kappa shape index (κ3) is 4.55. The molecule has 0 aliphatic carbocycles. The maximum Gasteiger partial charge on any atom is 0.323 e. The number of thioether (sulfide) groups is 1. The van der Waals surface area contributed by atoms with Gasteiger partial charge in [-0.15, -0.1) is 11.8 Å². The summed E-state index contributed by atoms with van der Waals surface area (Å²) in [5.74, 6) is 0.914. The number of thiol groups is 1. The number of rotatable bonds is 5. The van der Waals surface area contributed by atoms with Crippen molar-refractivity contribution in [2.45, 2.75) is 36.8 Å². The van der Waals surface area contributed by atoms with E-state index < -0.39 is 0 Å². The summed E-state index contributed by atoms with van der Waals surface area (Å²) in [6.45, 7) is 6.12. The van der Waals surface area contributed by atoms with Crippen LogP contribution in [0.25, 0.3) is 0 Å². The average molecular weight is 263 g/mol. The lowest BCUT2D eigenvalue weighted by molar-refractivity contribution is -0.145. The first kappa shape index (κ1) is 14.2. The topological polar surface area (TPSA) is 29.5 Å². The molecule has 0 amide bonds. The van der Waals surface area contributed by atoms with Gasteiger partial charge in [-0.1, -0.05) is 0 Å². The van der Waals surface area contributed by atoms with Gasteiger partial charge in [0.15, 0.2) is 0 Å². The Hall–Kier alpha value is 0.130. The molecular formula is C11H21NO2S2. The molecule has 0 spiro atoms. The summed E-state index contributed by atoms with van der Waals surface area (Å²) < 4.78 is 4.81. The highest BCUT2D eigenvalue weighted by molar-refractivity contribution is 8.11. The van der Waals surface area contributed by atoms with Gasteiger partial charge in [0.25, 0.3) is 0 Å². The minimum Gasteiger partial charge on any atom is -0.468 e. The first-order valence-corrected chi connectivity index (χ1v) is 7.05. The predicted octanol–water partition coefficient (Wildman–Crippen LogP) is 2.02. The van der Waals surface area contributed by atoms with Crippen molar-refractivity contribution < 1.29 is 9.53 Å². The summed E-state index contributed by atoms with van der Waals surface area (Å²) in [7, 11) is 1.46. The van der Waals surface area contributed by atoms with E-state index in [2.05, 4.69) is 31.4 Å². The Bertz CT molecular complexity index is 241. The highest BCUT2D eigenvalue weighted by atomic mass is 32.2. The second-order valence-corrected chi connectivity index (χ2v) is 7.65. The van der Waals surface area contributed by atoms with Gasteiger partial charge in [0.1, 0.15) is 6.04 Å². The van der Waals surface area contributed by atoms with Crippen LogP contribution >= 0.6 is 24.4 Å². The fourth-order valence-corrected chi connectivity index (χ4v) is 3.01. The zero-order valence-electron chi connectivity index (χ0n) is 10.2. The molecule has 3 nitrogen and oxygen atoms in total. The number of esters is 1. The maximum atomic E-state index is 11.5. The highest BCUT2D eigenvalue weighted by Crippen LogP contribution is 2.28. The first-order chi connectivity index (χ1) is 7.44. The van der Waals surface area contributed by atoms with E-state index >= 15 is 0 Å². The van der Waals surface area contributed by atoms with Gasteiger partial charge in [-0.05, 0) is 33.2 Å². The lowest BCUT2D eigenvalue weighted by atomic mass is 10.2. The molecule has 0 N–H and O–H groups in total. The van der Waals surface area contributed by atoms with Gasteiger partial charge in [-0.3, -0.25) is 9.69 Å². The van der Waals surface area contributed by atoms with E-state index in [1.165, 1.54) is 7.11 Å². The molecule has 1 saturated heterocycles. The van der Waals surface area contributed by atoms with Gasteiger partial charge >= 0.3 is 5.97 Å². The molecule has 0 aromatic rings. The molecule has 0 aromatic heterocycles. The van der Waals surface area contributed by atoms with Crippen molar-refractivity contribution in [3.8, 4) is 0 Å². The van der Waals surface area contributed by atoms with E-state index in [4.69, 9.17) is 4.74 Å². The largest absolute Gasteiger partial charge is 0.468 e. The molecule has 1 rings (SSSR count). The van der Waals surface area contributed by atoms with Crippen LogP contribution in [0.3, 0.4) is 0 Å². The summed E-state index contributed by atoms with van der Waals surface area (Å²) in [6.07, 6.45) is 2.02. The van der Waals surface area contributed by atoms with Crippen molar-refractivity contribution in [2.75, 3.05) is 26.0 Å². The zero-order valence-corrected chi connectivity index (χ0v) is 11.9. The molecule has 16 heavy (non-hydrogen) atoms. The number of nitrogens with zero attached hydrogens (tertiary/aromatic N) is 1. The van der Waals surface area contributed by atoms with E-state index in [0.29, 0.717) is 0 Å². The van der Waals surface area contributed by atoms with Crippen molar-refractivity contribution in [3.05, 3.63) is 0 Å². The van der Waals surface area contributed by atoms with Crippen molar-refractivity contribution in [1.82, 2.24) is 4.90 Å². The molecule has 1 aliphatic heterocycles.